The summed E-state index contributed by atoms with van der Waals surface area (Å²) in [6.45, 7) is 1.78. The number of amides is 1. The van der Waals surface area contributed by atoms with E-state index in [1.54, 1.807) is 6.07 Å². The number of nitrogens with one attached hydrogen (secondary N) is 1. The number of pyridine rings is 1. The number of methoxy groups -OCH3 is 1. The molecular formula is C20H18N2O4. The third kappa shape index (κ3) is 3.97. The second kappa shape index (κ2) is 7.65. The van der Waals surface area contributed by atoms with E-state index in [1.807, 2.05) is 49.4 Å². The molecule has 1 amide bonds. The fraction of sp³-hybridized carbons (Fsp3) is 0.150. The van der Waals surface area contributed by atoms with Gasteiger partial charge in [-0.05, 0) is 31.2 Å². The van der Waals surface area contributed by atoms with Crippen molar-refractivity contribution in [3.63, 3.8) is 0 Å². The molecule has 6 heteroatoms. The molecule has 0 unspecified atom stereocenters. The number of carbonyl (C=O) groups is 2. The first-order valence-electron chi connectivity index (χ1n) is 8.04. The highest BCUT2D eigenvalue weighted by Crippen LogP contribution is 2.25. The van der Waals surface area contributed by atoms with Gasteiger partial charge >= 0.3 is 5.97 Å². The zero-order valence-corrected chi connectivity index (χ0v) is 14.5. The summed E-state index contributed by atoms with van der Waals surface area (Å²) < 4.78 is 10.4. The molecule has 3 aromatic rings. The fourth-order valence-electron chi connectivity index (χ4n) is 2.45. The van der Waals surface area contributed by atoms with Gasteiger partial charge in [0.05, 0.1) is 12.6 Å². The Morgan fingerprint density at radius 3 is 2.54 bits per heavy atom. The van der Waals surface area contributed by atoms with E-state index < -0.39 is 5.97 Å². The van der Waals surface area contributed by atoms with Crippen molar-refractivity contribution in [2.24, 2.45) is 0 Å². The maximum atomic E-state index is 12.1. The maximum absolute atomic E-state index is 12.1. The van der Waals surface area contributed by atoms with Crippen molar-refractivity contribution in [1.82, 2.24) is 4.98 Å². The Balaban J connectivity index is 1.78. The van der Waals surface area contributed by atoms with Crippen LogP contribution < -0.4 is 10.1 Å². The molecule has 1 heterocycles. The molecule has 0 aliphatic rings. The number of hydrogen-bond donors (Lipinski definition) is 1. The number of hydrogen-bond acceptors (Lipinski definition) is 5. The number of carbonyl (C=O) groups excluding carboxylic acids is 2. The number of anilines is 1. The highest BCUT2D eigenvalue weighted by molar-refractivity contribution is 5.95. The van der Waals surface area contributed by atoms with Crippen molar-refractivity contribution in [2.75, 3.05) is 19.0 Å². The lowest BCUT2D eigenvalue weighted by molar-refractivity contribution is -0.118. The third-order valence-corrected chi connectivity index (χ3v) is 3.77. The number of benzene rings is 2. The molecule has 0 radical (unpaired) electrons. The number of ether oxygens (including phenoxy) is 2. The molecule has 2 aromatic carbocycles. The van der Waals surface area contributed by atoms with Crippen LogP contribution in [0.5, 0.6) is 5.75 Å². The van der Waals surface area contributed by atoms with Crippen molar-refractivity contribution in [2.45, 2.75) is 6.92 Å². The van der Waals surface area contributed by atoms with Crippen LogP contribution in [-0.4, -0.2) is 30.6 Å². The smallest absolute Gasteiger partial charge is 0.356 e. The summed E-state index contributed by atoms with van der Waals surface area (Å²) in [5.41, 5.74) is 2.52. The third-order valence-electron chi connectivity index (χ3n) is 3.77. The average molecular weight is 350 g/mol. The van der Waals surface area contributed by atoms with Crippen molar-refractivity contribution < 1.29 is 19.1 Å². The monoisotopic (exact) mass is 350 g/mol. The number of esters is 1. The van der Waals surface area contributed by atoms with Crippen LogP contribution in [0.25, 0.3) is 10.9 Å². The van der Waals surface area contributed by atoms with Crippen LogP contribution in [0.3, 0.4) is 0 Å². The summed E-state index contributed by atoms with van der Waals surface area (Å²) in [5, 5.41) is 3.48. The molecule has 0 saturated carbocycles. The molecule has 132 valence electrons. The number of aromatic nitrogens is 1. The molecule has 6 nitrogen and oxygen atoms in total. The van der Waals surface area contributed by atoms with Gasteiger partial charge < -0.3 is 14.8 Å². The minimum absolute atomic E-state index is 0.125. The maximum Gasteiger partial charge on any atom is 0.356 e. The van der Waals surface area contributed by atoms with E-state index in [-0.39, 0.29) is 18.2 Å². The van der Waals surface area contributed by atoms with E-state index >= 15 is 0 Å². The number of nitrogens with zero attached hydrogens (tertiary/aromatic N) is 1. The van der Waals surface area contributed by atoms with Crippen molar-refractivity contribution in [3.8, 4) is 5.75 Å². The molecule has 0 saturated heterocycles. The number of para-hydroxylation sites is 1. The van der Waals surface area contributed by atoms with Crippen LogP contribution in [0.15, 0.2) is 54.6 Å². The van der Waals surface area contributed by atoms with Crippen molar-refractivity contribution >= 4 is 28.5 Å². The summed E-state index contributed by atoms with van der Waals surface area (Å²) in [6.07, 6.45) is 0. The predicted octanol–water partition coefficient (Wildman–Crippen LogP) is 3.35. The molecule has 1 N–H and O–H groups in total. The minimum Gasteiger partial charge on any atom is -0.483 e. The van der Waals surface area contributed by atoms with E-state index in [0.717, 1.165) is 5.56 Å². The Morgan fingerprint density at radius 1 is 1.08 bits per heavy atom. The van der Waals surface area contributed by atoms with Crippen LogP contribution >= 0.6 is 0 Å². The predicted molar refractivity (Wildman–Crippen MR) is 98.4 cm³/mol. The van der Waals surface area contributed by atoms with Crippen LogP contribution in [0.1, 0.15) is 16.1 Å². The lowest BCUT2D eigenvalue weighted by Crippen LogP contribution is -2.20. The van der Waals surface area contributed by atoms with Crippen LogP contribution in [0.4, 0.5) is 5.69 Å². The second-order valence-corrected chi connectivity index (χ2v) is 5.72. The number of rotatable bonds is 5. The number of fused-ring (bicyclic) bond motifs is 1. The summed E-state index contributed by atoms with van der Waals surface area (Å²) in [6, 6.07) is 16.2. The van der Waals surface area contributed by atoms with Gasteiger partial charge in [-0.1, -0.05) is 29.8 Å². The summed E-state index contributed by atoms with van der Waals surface area (Å²) >= 11 is 0. The standard InChI is InChI=1S/C20H18N2O4/c1-13-7-9-14(10-8-13)21-19(23)12-26-18-11-17(20(24)25-2)22-16-6-4-3-5-15(16)18/h3-11H,12H2,1-2H3,(H,21,23). The van der Waals surface area contributed by atoms with Gasteiger partial charge in [0.2, 0.25) is 0 Å². The molecule has 0 aliphatic carbocycles. The van der Waals surface area contributed by atoms with E-state index in [1.165, 1.54) is 13.2 Å². The Hall–Kier alpha value is -3.41. The largest absolute Gasteiger partial charge is 0.483 e. The van der Waals surface area contributed by atoms with E-state index in [9.17, 15) is 9.59 Å². The van der Waals surface area contributed by atoms with Gasteiger partial charge in [-0.3, -0.25) is 4.79 Å². The normalized spacial score (nSPS) is 10.4. The zero-order chi connectivity index (χ0) is 18.5. The molecule has 0 spiro atoms. The SMILES string of the molecule is COC(=O)c1cc(OCC(=O)Nc2ccc(C)cc2)c2ccccc2n1. The van der Waals surface area contributed by atoms with Gasteiger partial charge in [0.15, 0.2) is 12.3 Å². The minimum atomic E-state index is -0.565. The van der Waals surface area contributed by atoms with Gasteiger partial charge in [0.1, 0.15) is 5.75 Å². The Labute approximate surface area is 150 Å². The molecule has 0 atom stereocenters. The summed E-state index contributed by atoms with van der Waals surface area (Å²) in [7, 11) is 1.29. The topological polar surface area (TPSA) is 77.5 Å². The number of aryl methyl sites for hydroxylation is 1. The van der Waals surface area contributed by atoms with Crippen LogP contribution in [-0.2, 0) is 9.53 Å². The Bertz CT molecular complexity index is 952. The molecule has 1 aromatic heterocycles. The summed E-state index contributed by atoms with van der Waals surface area (Å²) in [5.74, 6) is -0.464. The zero-order valence-electron chi connectivity index (χ0n) is 14.5. The molecule has 0 bridgehead atoms. The van der Waals surface area contributed by atoms with Gasteiger partial charge in [-0.25, -0.2) is 9.78 Å². The second-order valence-electron chi connectivity index (χ2n) is 5.72. The first-order chi connectivity index (χ1) is 12.6. The van der Waals surface area contributed by atoms with E-state index in [4.69, 9.17) is 9.47 Å². The lowest BCUT2D eigenvalue weighted by atomic mass is 10.2. The molecule has 0 fully saturated rings. The summed E-state index contributed by atoms with van der Waals surface area (Å²) in [4.78, 5) is 28.2. The first-order valence-corrected chi connectivity index (χ1v) is 8.04. The van der Waals surface area contributed by atoms with Gasteiger partial charge in [0, 0.05) is 17.1 Å². The lowest BCUT2D eigenvalue weighted by Gasteiger charge is -2.11. The first kappa shape index (κ1) is 17.4. The van der Waals surface area contributed by atoms with Crippen LogP contribution in [0, 0.1) is 6.92 Å². The quantitative estimate of drug-likeness (QED) is 0.714. The van der Waals surface area contributed by atoms with Crippen molar-refractivity contribution in [3.05, 3.63) is 65.9 Å². The Kier molecular flexibility index (Phi) is 5.12. The average Bonchev–Trinajstić information content (AvgIpc) is 2.67. The van der Waals surface area contributed by atoms with Gasteiger partial charge in [0.25, 0.3) is 5.91 Å². The van der Waals surface area contributed by atoms with E-state index in [0.29, 0.717) is 22.3 Å². The fourth-order valence-corrected chi connectivity index (χ4v) is 2.45. The van der Waals surface area contributed by atoms with Gasteiger partial charge in [-0.15, -0.1) is 0 Å². The van der Waals surface area contributed by atoms with Gasteiger partial charge in [-0.2, -0.15) is 0 Å². The highest BCUT2D eigenvalue weighted by atomic mass is 16.5. The highest BCUT2D eigenvalue weighted by Gasteiger charge is 2.14. The molecule has 3 rings (SSSR count). The van der Waals surface area contributed by atoms with E-state index in [2.05, 4.69) is 10.3 Å². The Morgan fingerprint density at radius 2 is 1.81 bits per heavy atom. The van der Waals surface area contributed by atoms with Crippen molar-refractivity contribution in [1.29, 1.82) is 0 Å². The molecule has 26 heavy (non-hydrogen) atoms. The molecular weight excluding hydrogens is 332 g/mol. The molecule has 0 aliphatic heterocycles. The van der Waals surface area contributed by atoms with Crippen LogP contribution in [0.2, 0.25) is 0 Å².